The van der Waals surface area contributed by atoms with Crippen LogP contribution in [0, 0.1) is 13.8 Å². The number of nitrogens with one attached hydrogen (secondary N) is 2. The van der Waals surface area contributed by atoms with Crippen molar-refractivity contribution in [2.45, 2.75) is 64.1 Å². The number of aliphatic imine (C=N–C) groups is 1. The maximum atomic E-state index is 6.48. The fraction of sp³-hybridized carbons (Fsp3) is 0.545. The molecule has 2 aliphatic rings. The van der Waals surface area contributed by atoms with E-state index >= 15 is 0 Å². The third-order valence-corrected chi connectivity index (χ3v) is 6.34. The van der Waals surface area contributed by atoms with Crippen LogP contribution in [0.2, 0.25) is 0 Å². The Morgan fingerprint density at radius 1 is 1.28 bits per heavy atom. The number of fused-ring (bicyclic) bond motifs is 1. The van der Waals surface area contributed by atoms with Gasteiger partial charge in [-0.15, -0.1) is 24.0 Å². The van der Waals surface area contributed by atoms with Gasteiger partial charge in [-0.25, -0.2) is 0 Å². The molecule has 0 radical (unpaired) electrons. The first-order chi connectivity index (χ1) is 13.5. The highest BCUT2D eigenvalue weighted by Gasteiger charge is 2.43. The number of aryl methyl sites for hydroxylation is 2. The molecule has 1 atom stereocenters. The highest BCUT2D eigenvalue weighted by Crippen LogP contribution is 2.46. The lowest BCUT2D eigenvalue weighted by Crippen LogP contribution is -2.46. The highest BCUT2D eigenvalue weighted by atomic mass is 127. The monoisotopic (exact) mass is 509 g/mol. The number of hydrogen-bond donors (Lipinski definition) is 2. The molecule has 2 N–H and O–H groups in total. The minimum Gasteiger partial charge on any atom is -0.487 e. The van der Waals surface area contributed by atoms with Crippen LogP contribution in [-0.4, -0.2) is 28.4 Å². The Kier molecular flexibility index (Phi) is 6.76. The van der Waals surface area contributed by atoms with Gasteiger partial charge in [0.1, 0.15) is 11.4 Å². The lowest BCUT2D eigenvalue weighted by Gasteiger charge is -2.40. The van der Waals surface area contributed by atoms with Gasteiger partial charge >= 0.3 is 0 Å². The van der Waals surface area contributed by atoms with Crippen LogP contribution in [0.15, 0.2) is 29.3 Å². The van der Waals surface area contributed by atoms with E-state index in [1.165, 1.54) is 29.7 Å². The summed E-state index contributed by atoms with van der Waals surface area (Å²) in [6.07, 6.45) is 5.76. The Morgan fingerprint density at radius 2 is 2.00 bits per heavy atom. The van der Waals surface area contributed by atoms with Crippen LogP contribution in [0.5, 0.6) is 5.75 Å². The van der Waals surface area contributed by atoms with Gasteiger partial charge in [-0.2, -0.15) is 5.10 Å². The summed E-state index contributed by atoms with van der Waals surface area (Å²) in [4.78, 5) is 4.48. The van der Waals surface area contributed by atoms with E-state index in [0.29, 0.717) is 6.54 Å². The van der Waals surface area contributed by atoms with Crippen molar-refractivity contribution < 1.29 is 4.74 Å². The van der Waals surface area contributed by atoms with Crippen molar-refractivity contribution >= 4 is 29.9 Å². The van der Waals surface area contributed by atoms with Crippen molar-refractivity contribution in [1.82, 2.24) is 20.4 Å². The largest absolute Gasteiger partial charge is 0.487 e. The average molecular weight is 509 g/mol. The number of halogens is 1. The number of guanidine groups is 1. The minimum absolute atomic E-state index is 0. The lowest BCUT2D eigenvalue weighted by molar-refractivity contribution is 0.0396. The normalized spacial score (nSPS) is 20.0. The molecule has 7 heteroatoms. The Bertz CT molecular complexity index is 885. The van der Waals surface area contributed by atoms with Crippen LogP contribution >= 0.6 is 24.0 Å². The van der Waals surface area contributed by atoms with E-state index in [0.717, 1.165) is 36.7 Å². The molecule has 2 aromatic rings. The molecule has 1 aliphatic heterocycles. The third kappa shape index (κ3) is 4.39. The van der Waals surface area contributed by atoms with Crippen molar-refractivity contribution in [3.8, 4) is 5.75 Å². The SMILES string of the molecule is CN=C(NCc1c(C)nn(C)c1C)NC1CC2(CCCC2)Oc2ccccc21.I. The van der Waals surface area contributed by atoms with E-state index in [-0.39, 0.29) is 35.6 Å². The van der Waals surface area contributed by atoms with Crippen molar-refractivity contribution in [2.75, 3.05) is 7.05 Å². The standard InChI is InChI=1S/C22H31N5O.HI/c1-15-18(16(2)27(4)26-15)14-24-21(23-3)25-19-13-22(11-7-8-12-22)28-20-10-6-5-9-17(19)20;/h5-6,9-10,19H,7-8,11-14H2,1-4H3,(H2,23,24,25);1H. The second-order valence-electron chi connectivity index (χ2n) is 8.13. The quantitative estimate of drug-likeness (QED) is 0.371. The summed E-state index contributed by atoms with van der Waals surface area (Å²) >= 11 is 0. The topological polar surface area (TPSA) is 63.5 Å². The van der Waals surface area contributed by atoms with Gasteiger partial charge < -0.3 is 15.4 Å². The van der Waals surface area contributed by atoms with E-state index < -0.39 is 0 Å². The Balaban J connectivity index is 0.00000240. The van der Waals surface area contributed by atoms with Gasteiger partial charge in [-0.3, -0.25) is 9.67 Å². The molecule has 2 heterocycles. The number of para-hydroxylation sites is 1. The van der Waals surface area contributed by atoms with Crippen LogP contribution in [0.25, 0.3) is 0 Å². The summed E-state index contributed by atoms with van der Waals surface area (Å²) in [5.74, 6) is 1.83. The smallest absolute Gasteiger partial charge is 0.191 e. The Morgan fingerprint density at radius 3 is 2.66 bits per heavy atom. The number of benzene rings is 1. The molecule has 1 aliphatic carbocycles. The second kappa shape index (κ2) is 8.93. The van der Waals surface area contributed by atoms with Crippen molar-refractivity contribution in [1.29, 1.82) is 0 Å². The summed E-state index contributed by atoms with van der Waals surface area (Å²) < 4.78 is 8.41. The van der Waals surface area contributed by atoms with E-state index in [1.54, 1.807) is 0 Å². The summed E-state index contributed by atoms with van der Waals surface area (Å²) in [5, 5.41) is 11.7. The number of aromatic nitrogens is 2. The average Bonchev–Trinajstić information content (AvgIpc) is 3.23. The number of hydrogen-bond acceptors (Lipinski definition) is 3. The zero-order valence-corrected chi connectivity index (χ0v) is 20.1. The predicted octanol–water partition coefficient (Wildman–Crippen LogP) is 4.16. The molecular weight excluding hydrogens is 477 g/mol. The molecule has 29 heavy (non-hydrogen) atoms. The zero-order valence-electron chi connectivity index (χ0n) is 17.8. The van der Waals surface area contributed by atoms with Crippen molar-refractivity contribution in [2.24, 2.45) is 12.0 Å². The van der Waals surface area contributed by atoms with E-state index in [9.17, 15) is 0 Å². The number of nitrogens with zero attached hydrogens (tertiary/aromatic N) is 3. The zero-order chi connectivity index (χ0) is 19.7. The van der Waals surface area contributed by atoms with Gasteiger partial charge in [-0.1, -0.05) is 18.2 Å². The summed E-state index contributed by atoms with van der Waals surface area (Å²) in [6, 6.07) is 8.61. The van der Waals surface area contributed by atoms with E-state index in [4.69, 9.17) is 4.74 Å². The Hall–Kier alpha value is -1.77. The maximum absolute atomic E-state index is 6.48. The fourth-order valence-corrected chi connectivity index (χ4v) is 4.68. The number of rotatable bonds is 3. The summed E-state index contributed by atoms with van der Waals surface area (Å²) in [5.41, 5.74) is 4.66. The van der Waals surface area contributed by atoms with E-state index in [2.05, 4.69) is 58.8 Å². The molecule has 0 saturated heterocycles. The molecule has 1 fully saturated rings. The van der Waals surface area contributed by atoms with Crippen LogP contribution in [0.4, 0.5) is 0 Å². The van der Waals surface area contributed by atoms with Gasteiger partial charge in [0.25, 0.3) is 0 Å². The first kappa shape index (κ1) is 21.9. The van der Waals surface area contributed by atoms with Gasteiger partial charge in [0.05, 0.1) is 11.7 Å². The molecule has 0 bridgehead atoms. The van der Waals surface area contributed by atoms with Gasteiger partial charge in [0, 0.05) is 43.9 Å². The highest BCUT2D eigenvalue weighted by molar-refractivity contribution is 14.0. The van der Waals surface area contributed by atoms with E-state index in [1.807, 2.05) is 18.8 Å². The van der Waals surface area contributed by atoms with Gasteiger partial charge in [-0.05, 0) is 45.6 Å². The molecular formula is C22H32IN5O. The molecule has 1 aromatic carbocycles. The third-order valence-electron chi connectivity index (χ3n) is 6.34. The van der Waals surface area contributed by atoms with Gasteiger partial charge in [0.15, 0.2) is 5.96 Å². The first-order valence-corrected chi connectivity index (χ1v) is 10.3. The van der Waals surface area contributed by atoms with Crippen molar-refractivity contribution in [3.63, 3.8) is 0 Å². The van der Waals surface area contributed by atoms with Crippen LogP contribution in [0.3, 0.4) is 0 Å². The molecule has 158 valence electrons. The van der Waals surface area contributed by atoms with Crippen LogP contribution in [0.1, 0.15) is 60.7 Å². The molecule has 1 spiro atoms. The fourth-order valence-electron chi connectivity index (χ4n) is 4.68. The first-order valence-electron chi connectivity index (χ1n) is 10.3. The van der Waals surface area contributed by atoms with Gasteiger partial charge in [0.2, 0.25) is 0 Å². The molecule has 0 amide bonds. The maximum Gasteiger partial charge on any atom is 0.191 e. The molecule has 6 nitrogen and oxygen atoms in total. The predicted molar refractivity (Wildman–Crippen MR) is 127 cm³/mol. The lowest BCUT2D eigenvalue weighted by atomic mass is 9.86. The minimum atomic E-state index is -0.0264. The summed E-state index contributed by atoms with van der Waals surface area (Å²) in [7, 11) is 3.81. The molecule has 1 saturated carbocycles. The molecule has 1 unspecified atom stereocenters. The second-order valence-corrected chi connectivity index (χ2v) is 8.13. The van der Waals surface area contributed by atoms with Crippen LogP contribution < -0.4 is 15.4 Å². The Labute approximate surface area is 190 Å². The summed E-state index contributed by atoms with van der Waals surface area (Å²) in [6.45, 7) is 4.87. The van der Waals surface area contributed by atoms with Crippen LogP contribution in [-0.2, 0) is 13.6 Å². The van der Waals surface area contributed by atoms with Crippen molar-refractivity contribution in [3.05, 3.63) is 46.8 Å². The molecule has 4 rings (SSSR count). The number of ether oxygens (including phenoxy) is 1. The molecule has 1 aromatic heterocycles.